The minimum atomic E-state index is -0.678. The third-order valence-corrected chi connectivity index (χ3v) is 3.73. The molecule has 0 saturated heterocycles. The van der Waals surface area contributed by atoms with Crippen LogP contribution in [-0.4, -0.2) is 10.2 Å². The van der Waals surface area contributed by atoms with Crippen LogP contribution in [0.15, 0.2) is 0 Å². The minimum absolute atomic E-state index is 0.435. The molecule has 0 N–H and O–H groups in total. The topological polar surface area (TPSA) is 0 Å². The molecule has 0 aliphatic heterocycles. The van der Waals surface area contributed by atoms with Gasteiger partial charge >= 0.3 is 0 Å². The van der Waals surface area contributed by atoms with E-state index in [0.29, 0.717) is 21.0 Å². The highest BCUT2D eigenvalue weighted by Crippen LogP contribution is 2.16. The molecule has 0 aliphatic rings. The molecule has 1 aromatic carbocycles. The summed E-state index contributed by atoms with van der Waals surface area (Å²) < 4.78 is 26.2. The average molecular weight is 186 g/mol. The van der Waals surface area contributed by atoms with Crippen LogP contribution in [0.4, 0.5) is 8.78 Å². The van der Waals surface area contributed by atoms with Crippen LogP contribution in [0.1, 0.15) is 16.7 Å². The van der Waals surface area contributed by atoms with Gasteiger partial charge in [0.25, 0.3) is 0 Å². The first-order valence-electron chi connectivity index (χ1n) is 3.88. The first-order chi connectivity index (χ1) is 5.46. The van der Waals surface area contributed by atoms with Crippen molar-refractivity contribution in [3.63, 3.8) is 0 Å². The number of benzene rings is 1. The minimum Gasteiger partial charge on any atom is -0.204 e. The zero-order valence-electron chi connectivity index (χ0n) is 7.76. The smallest absolute Gasteiger partial charge is 0.161 e. The average Bonchev–Trinajstić information content (AvgIpc) is 2.08. The fraction of sp³-hybridized carbons (Fsp3) is 0.333. The third kappa shape index (κ3) is 1.18. The predicted molar refractivity (Wildman–Crippen MR) is 50.1 cm³/mol. The summed E-state index contributed by atoms with van der Waals surface area (Å²) in [6.45, 7) is 5.28. The Hall–Kier alpha value is -0.703. The van der Waals surface area contributed by atoms with Crippen LogP contribution >= 0.6 is 0 Å². The molecule has 12 heavy (non-hydrogen) atoms. The van der Waals surface area contributed by atoms with Gasteiger partial charge in [-0.2, -0.15) is 0 Å². The Morgan fingerprint density at radius 1 is 0.833 bits per heavy atom. The summed E-state index contributed by atoms with van der Waals surface area (Å²) in [7, 11) is 0.559. The zero-order valence-corrected chi connectivity index (χ0v) is 9.76. The van der Waals surface area contributed by atoms with Gasteiger partial charge in [-0.05, 0) is 42.6 Å². The van der Waals surface area contributed by atoms with Crippen molar-refractivity contribution in [3.8, 4) is 0 Å². The monoisotopic (exact) mass is 186 g/mol. The van der Waals surface area contributed by atoms with Crippen LogP contribution in [-0.2, 0) is 0 Å². The molecule has 0 aromatic heterocycles. The molecule has 0 atom stereocenters. The van der Waals surface area contributed by atoms with E-state index in [4.69, 9.17) is 0 Å². The van der Waals surface area contributed by atoms with Gasteiger partial charge < -0.3 is 0 Å². The summed E-state index contributed by atoms with van der Waals surface area (Å²) in [5, 5.41) is 0.551. The van der Waals surface area contributed by atoms with Crippen molar-refractivity contribution in [2.75, 3.05) is 0 Å². The molecule has 1 rings (SSSR count). The van der Waals surface area contributed by atoms with Crippen molar-refractivity contribution in [3.05, 3.63) is 28.3 Å². The lowest BCUT2D eigenvalue weighted by Crippen LogP contribution is -2.18. The molecule has 1 aromatic rings. The van der Waals surface area contributed by atoms with Crippen molar-refractivity contribution >= 4 is 15.4 Å². The fourth-order valence-electron chi connectivity index (χ4n) is 1.22. The number of hydrogen-bond donors (Lipinski definition) is 0. The third-order valence-electron chi connectivity index (χ3n) is 2.54. The Morgan fingerprint density at radius 3 is 1.83 bits per heavy atom. The summed E-state index contributed by atoms with van der Waals surface area (Å²) in [5.41, 5.74) is 2.21. The molecule has 3 heteroatoms. The lowest BCUT2D eigenvalue weighted by atomic mass is 10.0. The highest BCUT2D eigenvalue weighted by Gasteiger charge is 2.13. The Bertz CT molecular complexity index is 227. The second-order valence-corrected chi connectivity index (χ2v) is 4.13. The second-order valence-electron chi connectivity index (χ2n) is 3.13. The van der Waals surface area contributed by atoms with E-state index in [1.54, 1.807) is 6.92 Å². The lowest BCUT2D eigenvalue weighted by Gasteiger charge is -2.10. The van der Waals surface area contributed by atoms with Gasteiger partial charge in [0.1, 0.15) is 0 Å². The van der Waals surface area contributed by atoms with E-state index in [0.717, 1.165) is 11.1 Å². The highest BCUT2D eigenvalue weighted by atomic mass is 28.1. The van der Waals surface area contributed by atoms with Crippen molar-refractivity contribution in [1.82, 2.24) is 0 Å². The molecule has 0 radical (unpaired) electrons. The van der Waals surface area contributed by atoms with Crippen LogP contribution in [0.25, 0.3) is 0 Å². The summed E-state index contributed by atoms with van der Waals surface area (Å²) in [6.07, 6.45) is 0. The van der Waals surface area contributed by atoms with Crippen LogP contribution in [0.2, 0.25) is 0 Å². The van der Waals surface area contributed by atoms with Crippen molar-refractivity contribution in [2.45, 2.75) is 20.8 Å². The molecule has 66 valence electrons. The Labute approximate surface area is 74.0 Å². The van der Waals surface area contributed by atoms with Gasteiger partial charge in [0.2, 0.25) is 0 Å². The molecular formula is C9H12F2Si. The summed E-state index contributed by atoms with van der Waals surface area (Å²) in [6, 6.07) is 0. The summed E-state index contributed by atoms with van der Waals surface area (Å²) in [4.78, 5) is 0. The largest absolute Gasteiger partial charge is 0.204 e. The maximum absolute atomic E-state index is 13.1. The van der Waals surface area contributed by atoms with Gasteiger partial charge in [-0.15, -0.1) is 0 Å². The van der Waals surface area contributed by atoms with Gasteiger partial charge in [0, 0.05) is 10.2 Å². The van der Waals surface area contributed by atoms with Gasteiger partial charge in [0.05, 0.1) is 0 Å². The SMILES string of the molecule is Cc1c(C)c(F)c(F)c([SiH3])c1C. The van der Waals surface area contributed by atoms with Gasteiger partial charge in [0.15, 0.2) is 11.6 Å². The van der Waals surface area contributed by atoms with E-state index in [1.165, 1.54) is 0 Å². The quantitative estimate of drug-likeness (QED) is 0.528. The maximum Gasteiger partial charge on any atom is 0.161 e. The molecule has 0 bridgehead atoms. The number of rotatable bonds is 0. The van der Waals surface area contributed by atoms with Gasteiger partial charge in [-0.1, -0.05) is 0 Å². The molecule has 0 fully saturated rings. The van der Waals surface area contributed by atoms with Crippen molar-refractivity contribution < 1.29 is 8.78 Å². The molecule has 0 aliphatic carbocycles. The molecule has 0 nitrogen and oxygen atoms in total. The molecule has 0 heterocycles. The van der Waals surface area contributed by atoms with Crippen molar-refractivity contribution in [1.29, 1.82) is 0 Å². The highest BCUT2D eigenvalue weighted by molar-refractivity contribution is 6.33. The lowest BCUT2D eigenvalue weighted by molar-refractivity contribution is 0.506. The van der Waals surface area contributed by atoms with Crippen LogP contribution in [0.5, 0.6) is 0 Å². The first kappa shape index (κ1) is 9.39. The predicted octanol–water partition coefficient (Wildman–Crippen LogP) is 0.881. The van der Waals surface area contributed by atoms with Crippen LogP contribution < -0.4 is 5.19 Å². The van der Waals surface area contributed by atoms with E-state index in [2.05, 4.69) is 0 Å². The Kier molecular flexibility index (Phi) is 2.33. The van der Waals surface area contributed by atoms with E-state index in [-0.39, 0.29) is 0 Å². The molecule has 0 unspecified atom stereocenters. The van der Waals surface area contributed by atoms with Gasteiger partial charge in [-0.3, -0.25) is 0 Å². The molecule has 0 amide bonds. The fourth-order valence-corrected chi connectivity index (χ4v) is 1.82. The molecule has 0 spiro atoms. The Balaban J connectivity index is 3.60. The standard InChI is InChI=1S/C9H12F2Si/c1-4-5(2)7(10)8(11)9(12)6(4)3/h1-3,12H3. The second kappa shape index (κ2) is 2.97. The number of halogens is 2. The van der Waals surface area contributed by atoms with Crippen LogP contribution in [0, 0.1) is 32.4 Å². The van der Waals surface area contributed by atoms with E-state index >= 15 is 0 Å². The molecular weight excluding hydrogens is 174 g/mol. The van der Waals surface area contributed by atoms with E-state index in [1.807, 2.05) is 13.8 Å². The van der Waals surface area contributed by atoms with Crippen LogP contribution in [0.3, 0.4) is 0 Å². The van der Waals surface area contributed by atoms with E-state index < -0.39 is 11.6 Å². The summed E-state index contributed by atoms with van der Waals surface area (Å²) in [5.74, 6) is -1.33. The van der Waals surface area contributed by atoms with E-state index in [9.17, 15) is 8.78 Å². The Morgan fingerprint density at radius 2 is 1.33 bits per heavy atom. The summed E-state index contributed by atoms with van der Waals surface area (Å²) >= 11 is 0. The maximum atomic E-state index is 13.1. The first-order valence-corrected chi connectivity index (χ1v) is 4.88. The van der Waals surface area contributed by atoms with Gasteiger partial charge in [-0.25, -0.2) is 8.78 Å². The van der Waals surface area contributed by atoms with Crippen molar-refractivity contribution in [2.24, 2.45) is 0 Å². The molecule has 0 saturated carbocycles. The normalized spacial score (nSPS) is 10.8. The zero-order chi connectivity index (χ0) is 9.46. The number of hydrogen-bond acceptors (Lipinski definition) is 0.